The average molecular weight is 555 g/mol. The minimum absolute atomic E-state index is 0.132. The van der Waals surface area contributed by atoms with Crippen LogP contribution in [-0.2, 0) is 11.3 Å². The number of ether oxygens (including phenoxy) is 2. The van der Waals surface area contributed by atoms with Crippen LogP contribution in [0.1, 0.15) is 45.5 Å². The zero-order chi connectivity index (χ0) is 28.3. The fraction of sp³-hybridized carbons (Fsp3) is 0.344. The lowest BCUT2D eigenvalue weighted by Crippen LogP contribution is -2.36. The molecule has 3 aliphatic rings. The summed E-state index contributed by atoms with van der Waals surface area (Å²) in [6.07, 6.45) is 2.81. The van der Waals surface area contributed by atoms with Crippen molar-refractivity contribution in [3.05, 3.63) is 83.4 Å². The molecule has 0 radical (unpaired) electrons. The Bertz CT molecular complexity index is 1460. The van der Waals surface area contributed by atoms with Gasteiger partial charge in [-0.05, 0) is 61.2 Å². The summed E-state index contributed by atoms with van der Waals surface area (Å²) in [7, 11) is 1.79. The molecule has 2 heterocycles. The predicted octanol–water partition coefficient (Wildman–Crippen LogP) is 4.39. The third kappa shape index (κ3) is 5.99. The SMILES string of the molecule is CN(Cc1ccccc1)C(=O)c1cc(NC(=O)c2ccc3c(c2)OCO3)ccc1N1CCCN(C(=O)C2CC2)CC1. The molecule has 0 atom stereocenters. The highest BCUT2D eigenvalue weighted by molar-refractivity contribution is 6.06. The van der Waals surface area contributed by atoms with Crippen LogP contribution in [0.3, 0.4) is 0 Å². The van der Waals surface area contributed by atoms with E-state index in [0.717, 1.165) is 43.6 Å². The van der Waals surface area contributed by atoms with E-state index in [2.05, 4.69) is 10.2 Å². The van der Waals surface area contributed by atoms with Gasteiger partial charge in [0, 0.05) is 62.6 Å². The molecule has 3 amide bonds. The number of hydrogen-bond donors (Lipinski definition) is 1. The van der Waals surface area contributed by atoms with Gasteiger partial charge in [0.05, 0.1) is 5.56 Å². The number of carbonyl (C=O) groups excluding carboxylic acids is 3. The van der Waals surface area contributed by atoms with Gasteiger partial charge in [-0.3, -0.25) is 14.4 Å². The second kappa shape index (κ2) is 11.5. The van der Waals surface area contributed by atoms with Gasteiger partial charge in [0.2, 0.25) is 12.7 Å². The van der Waals surface area contributed by atoms with Gasteiger partial charge < -0.3 is 29.5 Å². The molecule has 0 spiro atoms. The second-order valence-electron chi connectivity index (χ2n) is 10.8. The zero-order valence-electron chi connectivity index (χ0n) is 23.2. The van der Waals surface area contributed by atoms with Gasteiger partial charge in [0.1, 0.15) is 0 Å². The Morgan fingerprint density at radius 1 is 0.902 bits per heavy atom. The van der Waals surface area contributed by atoms with Gasteiger partial charge in [-0.15, -0.1) is 0 Å². The first kappa shape index (κ1) is 26.7. The van der Waals surface area contributed by atoms with Gasteiger partial charge in [-0.2, -0.15) is 0 Å². The van der Waals surface area contributed by atoms with Crippen LogP contribution in [0.5, 0.6) is 11.5 Å². The van der Waals surface area contributed by atoms with Crippen molar-refractivity contribution in [1.29, 1.82) is 0 Å². The Morgan fingerprint density at radius 3 is 2.51 bits per heavy atom. The molecule has 1 N–H and O–H groups in total. The lowest BCUT2D eigenvalue weighted by Gasteiger charge is -2.28. The normalized spacial score (nSPS) is 16.2. The smallest absolute Gasteiger partial charge is 0.256 e. The van der Waals surface area contributed by atoms with Crippen molar-refractivity contribution in [2.45, 2.75) is 25.8 Å². The van der Waals surface area contributed by atoms with E-state index in [4.69, 9.17) is 9.47 Å². The first-order chi connectivity index (χ1) is 20.0. The van der Waals surface area contributed by atoms with Crippen LogP contribution in [0.4, 0.5) is 11.4 Å². The van der Waals surface area contributed by atoms with Crippen LogP contribution in [0.15, 0.2) is 66.7 Å². The van der Waals surface area contributed by atoms with Crippen molar-refractivity contribution in [3.8, 4) is 11.5 Å². The number of rotatable bonds is 7. The van der Waals surface area contributed by atoms with Crippen LogP contribution in [-0.4, -0.2) is 67.5 Å². The highest BCUT2D eigenvalue weighted by Gasteiger charge is 2.34. The number of carbonyl (C=O) groups is 3. The van der Waals surface area contributed by atoms with Crippen LogP contribution in [0, 0.1) is 5.92 Å². The Kier molecular flexibility index (Phi) is 7.50. The predicted molar refractivity (Wildman–Crippen MR) is 155 cm³/mol. The highest BCUT2D eigenvalue weighted by Crippen LogP contribution is 2.34. The third-order valence-corrected chi connectivity index (χ3v) is 7.80. The van der Waals surface area contributed by atoms with Crippen molar-refractivity contribution < 1.29 is 23.9 Å². The zero-order valence-corrected chi connectivity index (χ0v) is 23.2. The van der Waals surface area contributed by atoms with Crippen molar-refractivity contribution >= 4 is 29.1 Å². The minimum Gasteiger partial charge on any atom is -0.454 e. The summed E-state index contributed by atoms with van der Waals surface area (Å²) in [4.78, 5) is 45.6. The van der Waals surface area contributed by atoms with Crippen molar-refractivity contribution in [3.63, 3.8) is 0 Å². The van der Waals surface area contributed by atoms with Crippen molar-refractivity contribution in [2.24, 2.45) is 5.92 Å². The summed E-state index contributed by atoms with van der Waals surface area (Å²) >= 11 is 0. The lowest BCUT2D eigenvalue weighted by atomic mass is 10.1. The number of fused-ring (bicyclic) bond motifs is 1. The maximum atomic E-state index is 13.9. The van der Waals surface area contributed by atoms with E-state index >= 15 is 0 Å². The Hall–Kier alpha value is -4.53. The average Bonchev–Trinajstić information content (AvgIpc) is 3.78. The molecule has 212 valence electrons. The van der Waals surface area contributed by atoms with Crippen LogP contribution >= 0.6 is 0 Å². The van der Waals surface area contributed by atoms with Crippen LogP contribution in [0.2, 0.25) is 0 Å². The van der Waals surface area contributed by atoms with E-state index < -0.39 is 0 Å². The van der Waals surface area contributed by atoms with Gasteiger partial charge in [-0.25, -0.2) is 0 Å². The summed E-state index contributed by atoms with van der Waals surface area (Å²) in [6, 6.07) is 20.4. The Balaban J connectivity index is 1.25. The summed E-state index contributed by atoms with van der Waals surface area (Å²) < 4.78 is 10.8. The number of nitrogens with one attached hydrogen (secondary N) is 1. The molecule has 0 unspecified atom stereocenters. The van der Waals surface area contributed by atoms with E-state index in [9.17, 15) is 14.4 Å². The minimum atomic E-state index is -0.309. The molecule has 0 bridgehead atoms. The molecule has 41 heavy (non-hydrogen) atoms. The largest absolute Gasteiger partial charge is 0.454 e. The summed E-state index contributed by atoms with van der Waals surface area (Å²) in [5.41, 5.74) is 3.29. The number of hydrogen-bond acceptors (Lipinski definition) is 6. The monoisotopic (exact) mass is 554 g/mol. The van der Waals surface area contributed by atoms with Crippen molar-refractivity contribution in [1.82, 2.24) is 9.80 Å². The number of anilines is 2. The van der Waals surface area contributed by atoms with E-state index in [1.165, 1.54) is 0 Å². The van der Waals surface area contributed by atoms with Gasteiger partial charge in [0.25, 0.3) is 11.8 Å². The molecule has 1 saturated heterocycles. The van der Waals surface area contributed by atoms with E-state index in [1.807, 2.05) is 47.4 Å². The molecule has 2 aliphatic heterocycles. The van der Waals surface area contributed by atoms with E-state index in [0.29, 0.717) is 47.9 Å². The molecular formula is C32H34N4O5. The molecule has 3 aromatic carbocycles. The van der Waals surface area contributed by atoms with Crippen LogP contribution < -0.4 is 19.7 Å². The fourth-order valence-corrected chi connectivity index (χ4v) is 5.40. The number of benzene rings is 3. The van der Waals surface area contributed by atoms with Gasteiger partial charge >= 0.3 is 0 Å². The Labute approximate surface area is 239 Å². The number of nitrogens with zero attached hydrogens (tertiary/aromatic N) is 3. The van der Waals surface area contributed by atoms with Crippen LogP contribution in [0.25, 0.3) is 0 Å². The standard InChI is InChI=1S/C32H34N4O5/c1-34(20-22-6-3-2-4-7-22)32(39)26-19-25(33-30(37)24-10-13-28-29(18-24)41-21-40-28)11-12-27(26)35-14-5-15-36(17-16-35)31(38)23-8-9-23/h2-4,6-7,10-13,18-19,23H,5,8-9,14-17,20-21H2,1H3,(H,33,37). The first-order valence-corrected chi connectivity index (χ1v) is 14.1. The summed E-state index contributed by atoms with van der Waals surface area (Å²) in [5, 5.41) is 2.94. The fourth-order valence-electron chi connectivity index (χ4n) is 5.40. The second-order valence-corrected chi connectivity index (χ2v) is 10.8. The third-order valence-electron chi connectivity index (χ3n) is 7.80. The molecule has 3 aromatic rings. The van der Waals surface area contributed by atoms with E-state index in [1.54, 1.807) is 36.2 Å². The highest BCUT2D eigenvalue weighted by atomic mass is 16.7. The van der Waals surface area contributed by atoms with Gasteiger partial charge in [0.15, 0.2) is 11.5 Å². The summed E-state index contributed by atoms with van der Waals surface area (Å²) in [5.74, 6) is 1.14. The molecule has 9 nitrogen and oxygen atoms in total. The first-order valence-electron chi connectivity index (χ1n) is 14.1. The molecule has 1 aliphatic carbocycles. The quantitative estimate of drug-likeness (QED) is 0.466. The summed E-state index contributed by atoms with van der Waals surface area (Å²) in [6.45, 7) is 3.32. The maximum absolute atomic E-state index is 13.9. The molecular weight excluding hydrogens is 520 g/mol. The van der Waals surface area contributed by atoms with Gasteiger partial charge in [-0.1, -0.05) is 30.3 Å². The maximum Gasteiger partial charge on any atom is 0.256 e. The molecule has 0 aromatic heterocycles. The topological polar surface area (TPSA) is 91.4 Å². The number of amides is 3. The Morgan fingerprint density at radius 2 is 1.71 bits per heavy atom. The molecule has 9 heteroatoms. The van der Waals surface area contributed by atoms with E-state index in [-0.39, 0.29) is 30.4 Å². The molecule has 6 rings (SSSR count). The lowest BCUT2D eigenvalue weighted by molar-refractivity contribution is -0.132. The molecule has 1 saturated carbocycles. The molecule has 2 fully saturated rings. The van der Waals surface area contributed by atoms with Crippen molar-refractivity contribution in [2.75, 3.05) is 50.2 Å².